The lowest BCUT2D eigenvalue weighted by Gasteiger charge is -2.14. The van der Waals surface area contributed by atoms with Crippen LogP contribution in [-0.2, 0) is 21.3 Å². The van der Waals surface area contributed by atoms with E-state index in [4.69, 9.17) is 18.9 Å². The van der Waals surface area contributed by atoms with Crippen molar-refractivity contribution in [1.82, 2.24) is 9.55 Å². The van der Waals surface area contributed by atoms with Crippen molar-refractivity contribution in [2.75, 3.05) is 26.9 Å². The first-order valence-corrected chi connectivity index (χ1v) is 10.7. The number of esters is 2. The Morgan fingerprint density at radius 2 is 1.79 bits per heavy atom. The molecule has 0 saturated carbocycles. The van der Waals surface area contributed by atoms with Gasteiger partial charge in [0.1, 0.15) is 17.2 Å². The van der Waals surface area contributed by atoms with E-state index in [9.17, 15) is 9.59 Å². The number of nitrogens with one attached hydrogen (secondary N) is 1. The molecule has 4 rings (SSSR count). The smallest absolute Gasteiger partial charge is 0.355 e. The number of rotatable bonds is 8. The third-order valence-electron chi connectivity index (χ3n) is 5.43. The molecule has 0 spiro atoms. The van der Waals surface area contributed by atoms with Crippen molar-refractivity contribution in [1.29, 1.82) is 0 Å². The lowest BCUT2D eigenvalue weighted by atomic mass is 10.0. The van der Waals surface area contributed by atoms with Crippen molar-refractivity contribution in [3.63, 3.8) is 0 Å². The van der Waals surface area contributed by atoms with Gasteiger partial charge in [-0.2, -0.15) is 0 Å². The third kappa shape index (κ3) is 4.00. The van der Waals surface area contributed by atoms with E-state index in [2.05, 4.69) is 4.98 Å². The monoisotopic (exact) mass is 450 g/mol. The summed E-state index contributed by atoms with van der Waals surface area (Å²) in [6.07, 6.45) is 0. The zero-order chi connectivity index (χ0) is 23.5. The van der Waals surface area contributed by atoms with Gasteiger partial charge in [0.15, 0.2) is 6.61 Å². The first-order chi connectivity index (χ1) is 16.0. The highest BCUT2D eigenvalue weighted by molar-refractivity contribution is 6.16. The van der Waals surface area contributed by atoms with Gasteiger partial charge in [0.05, 0.1) is 36.9 Å². The summed E-state index contributed by atoms with van der Waals surface area (Å²) in [6.45, 7) is 3.72. The molecule has 2 heterocycles. The largest absolute Gasteiger partial charge is 0.497 e. The molecule has 33 heavy (non-hydrogen) atoms. The van der Waals surface area contributed by atoms with E-state index in [1.807, 2.05) is 41.9 Å². The number of aromatic nitrogens is 2. The van der Waals surface area contributed by atoms with E-state index in [0.717, 1.165) is 21.9 Å². The predicted molar refractivity (Wildman–Crippen MR) is 125 cm³/mol. The quantitative estimate of drug-likeness (QED) is 0.399. The van der Waals surface area contributed by atoms with Crippen LogP contribution in [0.5, 0.6) is 11.5 Å². The number of aromatic amines is 1. The van der Waals surface area contributed by atoms with Crippen LogP contribution in [0.1, 0.15) is 24.3 Å². The Hall–Kier alpha value is -3.94. The van der Waals surface area contributed by atoms with Crippen molar-refractivity contribution in [2.45, 2.75) is 13.8 Å². The number of ether oxygens (including phenoxy) is 4. The fourth-order valence-corrected chi connectivity index (χ4v) is 4.03. The van der Waals surface area contributed by atoms with Gasteiger partial charge in [-0.05, 0) is 32.0 Å². The molecule has 8 nitrogen and oxygen atoms in total. The number of benzene rings is 2. The van der Waals surface area contributed by atoms with Gasteiger partial charge in [-0.3, -0.25) is 0 Å². The molecule has 1 N–H and O–H groups in total. The second-order valence-corrected chi connectivity index (χ2v) is 7.35. The molecular weight excluding hydrogens is 424 g/mol. The Morgan fingerprint density at radius 1 is 1.03 bits per heavy atom. The zero-order valence-corrected chi connectivity index (χ0v) is 19.1. The third-order valence-corrected chi connectivity index (χ3v) is 5.43. The van der Waals surface area contributed by atoms with Gasteiger partial charge < -0.3 is 28.5 Å². The van der Waals surface area contributed by atoms with Gasteiger partial charge in [0.25, 0.3) is 0 Å². The van der Waals surface area contributed by atoms with Crippen LogP contribution in [-0.4, -0.2) is 48.4 Å². The average molecular weight is 450 g/mol. The molecule has 0 aliphatic heterocycles. The van der Waals surface area contributed by atoms with Gasteiger partial charge in [0, 0.05) is 29.6 Å². The van der Waals surface area contributed by atoms with E-state index >= 15 is 0 Å². The number of aryl methyl sites for hydroxylation is 1. The first kappa shape index (κ1) is 22.3. The van der Waals surface area contributed by atoms with Crippen LogP contribution in [0.4, 0.5) is 0 Å². The molecule has 172 valence electrons. The van der Waals surface area contributed by atoms with Crippen LogP contribution in [0, 0.1) is 0 Å². The normalized spacial score (nSPS) is 11.0. The lowest BCUT2D eigenvalue weighted by Crippen LogP contribution is -2.15. The van der Waals surface area contributed by atoms with Crippen LogP contribution in [0.15, 0.2) is 42.5 Å². The number of nitrogens with zero attached hydrogens (tertiary/aromatic N) is 1. The van der Waals surface area contributed by atoms with E-state index in [0.29, 0.717) is 28.3 Å². The summed E-state index contributed by atoms with van der Waals surface area (Å²) in [5, 5.41) is 0.981. The summed E-state index contributed by atoms with van der Waals surface area (Å²) in [4.78, 5) is 28.2. The number of carbonyl (C=O) groups is 2. The number of methoxy groups -OCH3 is 1. The van der Waals surface area contributed by atoms with Crippen molar-refractivity contribution < 1.29 is 28.5 Å². The minimum Gasteiger partial charge on any atom is -0.497 e. The van der Waals surface area contributed by atoms with Gasteiger partial charge in [0.2, 0.25) is 0 Å². The van der Waals surface area contributed by atoms with Gasteiger partial charge in [-0.25, -0.2) is 9.59 Å². The lowest BCUT2D eigenvalue weighted by molar-refractivity contribution is -0.145. The Morgan fingerprint density at radius 3 is 2.52 bits per heavy atom. The molecule has 0 aliphatic rings. The molecule has 0 aliphatic carbocycles. The minimum absolute atomic E-state index is 0.239. The summed E-state index contributed by atoms with van der Waals surface area (Å²) < 4.78 is 23.6. The van der Waals surface area contributed by atoms with E-state index < -0.39 is 11.9 Å². The van der Waals surface area contributed by atoms with Gasteiger partial charge in [-0.1, -0.05) is 18.2 Å². The standard InChI is InChI=1S/C25H26N2O6/c1-5-31-20(28)14-33-19-13-15(30-4)11-12-17(19)21-23(25(29)32-6-2)26-22-16-9-7-8-10-18(16)27(3)24(21)22/h7-13,26H,5-6,14H2,1-4H3. The van der Waals surface area contributed by atoms with Crippen LogP contribution in [0.2, 0.25) is 0 Å². The highest BCUT2D eigenvalue weighted by Gasteiger charge is 2.27. The Kier molecular flexibility index (Phi) is 6.26. The first-order valence-electron chi connectivity index (χ1n) is 10.7. The average Bonchev–Trinajstić information content (AvgIpc) is 3.34. The molecule has 4 aromatic rings. The number of para-hydroxylation sites is 1. The van der Waals surface area contributed by atoms with E-state index in [1.165, 1.54) is 0 Å². The van der Waals surface area contributed by atoms with Crippen molar-refractivity contribution in [2.24, 2.45) is 7.05 Å². The minimum atomic E-state index is -0.485. The van der Waals surface area contributed by atoms with Gasteiger partial charge >= 0.3 is 11.9 Å². The second-order valence-electron chi connectivity index (χ2n) is 7.35. The maximum absolute atomic E-state index is 12.9. The van der Waals surface area contributed by atoms with Crippen LogP contribution >= 0.6 is 0 Å². The van der Waals surface area contributed by atoms with Crippen LogP contribution in [0.3, 0.4) is 0 Å². The summed E-state index contributed by atoms with van der Waals surface area (Å²) in [5.74, 6) is -0.0149. The number of hydrogen-bond acceptors (Lipinski definition) is 6. The summed E-state index contributed by atoms with van der Waals surface area (Å²) in [6, 6.07) is 13.2. The predicted octanol–water partition coefficient (Wildman–Crippen LogP) is 4.45. The molecule has 8 heteroatoms. The van der Waals surface area contributed by atoms with E-state index in [-0.39, 0.29) is 19.8 Å². The molecule has 2 aromatic carbocycles. The summed E-state index contributed by atoms with van der Waals surface area (Å²) in [5.41, 5.74) is 4.22. The fourth-order valence-electron chi connectivity index (χ4n) is 4.03. The summed E-state index contributed by atoms with van der Waals surface area (Å²) >= 11 is 0. The zero-order valence-electron chi connectivity index (χ0n) is 19.1. The Balaban J connectivity index is 1.97. The number of hydrogen-bond donors (Lipinski definition) is 1. The van der Waals surface area contributed by atoms with Crippen molar-refractivity contribution in [3.8, 4) is 22.6 Å². The molecule has 0 radical (unpaired) electrons. The molecule has 0 bridgehead atoms. The second kappa shape index (κ2) is 9.28. The molecule has 0 fully saturated rings. The summed E-state index contributed by atoms with van der Waals surface area (Å²) in [7, 11) is 3.49. The topological polar surface area (TPSA) is 91.8 Å². The van der Waals surface area contributed by atoms with Crippen molar-refractivity contribution >= 4 is 33.9 Å². The number of H-pyrrole nitrogens is 1. The highest BCUT2D eigenvalue weighted by Crippen LogP contribution is 2.42. The molecule has 0 atom stereocenters. The highest BCUT2D eigenvalue weighted by atomic mass is 16.6. The molecular formula is C25H26N2O6. The molecule has 0 saturated heterocycles. The molecule has 2 aromatic heterocycles. The van der Waals surface area contributed by atoms with E-state index in [1.54, 1.807) is 33.1 Å². The molecule has 0 unspecified atom stereocenters. The number of carbonyl (C=O) groups excluding carboxylic acids is 2. The Labute approximate surface area is 191 Å². The molecule has 0 amide bonds. The van der Waals surface area contributed by atoms with Crippen molar-refractivity contribution in [3.05, 3.63) is 48.2 Å². The van der Waals surface area contributed by atoms with Crippen LogP contribution in [0.25, 0.3) is 33.1 Å². The fraction of sp³-hybridized carbons (Fsp3) is 0.280. The maximum atomic E-state index is 12.9. The van der Waals surface area contributed by atoms with Gasteiger partial charge in [-0.15, -0.1) is 0 Å². The maximum Gasteiger partial charge on any atom is 0.355 e. The van der Waals surface area contributed by atoms with Crippen LogP contribution < -0.4 is 9.47 Å². The number of fused-ring (bicyclic) bond motifs is 3. The Bertz CT molecular complexity index is 1330. The SMILES string of the molecule is CCOC(=O)COc1cc(OC)ccc1-c1c(C(=O)OCC)[nH]c2c3ccccc3n(C)c12.